The molecule has 0 aliphatic carbocycles. The second-order valence-electron chi connectivity index (χ2n) is 6.32. The van der Waals surface area contributed by atoms with Gasteiger partial charge < -0.3 is 30.4 Å². The summed E-state index contributed by atoms with van der Waals surface area (Å²) in [4.78, 5) is 38.2. The number of nitrogens with one attached hydrogen (secondary N) is 1. The van der Waals surface area contributed by atoms with Crippen molar-refractivity contribution in [2.24, 2.45) is 0 Å². The number of nitrogen functional groups attached to an aromatic ring is 1. The number of carboxylic acid groups (broad SMARTS) is 2. The van der Waals surface area contributed by atoms with E-state index in [1.54, 1.807) is 6.07 Å². The number of carboxylic acids is 2. The van der Waals surface area contributed by atoms with Crippen LogP contribution < -0.4 is 20.8 Å². The first-order chi connectivity index (χ1) is 14.8. The Bertz CT molecular complexity index is 1240. The maximum atomic E-state index is 12.4. The summed E-state index contributed by atoms with van der Waals surface area (Å²) in [7, 11) is 1.38. The predicted octanol–water partition coefficient (Wildman–Crippen LogP) is 3.37. The van der Waals surface area contributed by atoms with E-state index in [1.165, 1.54) is 19.2 Å². The molecule has 0 amide bonds. The third-order valence-electron chi connectivity index (χ3n) is 4.47. The van der Waals surface area contributed by atoms with Crippen molar-refractivity contribution in [1.82, 2.24) is 4.98 Å². The van der Waals surface area contributed by atoms with Crippen LogP contribution in [0.4, 0.5) is 5.82 Å². The Morgan fingerprint density at radius 2 is 1.74 bits per heavy atom. The van der Waals surface area contributed by atoms with Crippen LogP contribution >= 0.6 is 15.9 Å². The van der Waals surface area contributed by atoms with E-state index in [2.05, 4.69) is 20.9 Å². The largest absolute Gasteiger partial charge is 0.493 e. The molecule has 0 aliphatic rings. The van der Waals surface area contributed by atoms with Crippen LogP contribution in [0.1, 0.15) is 26.3 Å². The molecule has 10 heteroatoms. The molecular formula is C21H17BrN2O7. The minimum Gasteiger partial charge on any atom is -0.493 e. The number of hydrogen-bond acceptors (Lipinski definition) is 6. The van der Waals surface area contributed by atoms with E-state index in [0.29, 0.717) is 0 Å². The second-order valence-corrected chi connectivity index (χ2v) is 7.17. The summed E-state index contributed by atoms with van der Waals surface area (Å²) in [5, 5.41) is 19.3. The number of benzene rings is 2. The van der Waals surface area contributed by atoms with Gasteiger partial charge in [0, 0.05) is 21.2 Å². The Balaban J connectivity index is 2.29. The standard InChI is InChI=1S/C21H17BrN2O7/c1-30-13-8-4-6-11(17(13)31-9-10-5-2-3-7-12(10)22)14-15(20(26)27)18(23)24-19(25)16(14)21(28)29/h2-8H,9H2,1H3,(H,26,27)(H,28,29)(H3,23,24,25). The van der Waals surface area contributed by atoms with Crippen LogP contribution in [0.3, 0.4) is 0 Å². The van der Waals surface area contributed by atoms with Crippen LogP contribution in [0.2, 0.25) is 0 Å². The third kappa shape index (κ3) is 4.24. The number of halogens is 1. The van der Waals surface area contributed by atoms with Crippen molar-refractivity contribution < 1.29 is 29.3 Å². The number of methoxy groups -OCH3 is 1. The smallest absolute Gasteiger partial charge is 0.342 e. The minimum atomic E-state index is -1.61. The first-order valence-electron chi connectivity index (χ1n) is 8.82. The van der Waals surface area contributed by atoms with Crippen molar-refractivity contribution in [3.8, 4) is 22.6 Å². The molecule has 1 heterocycles. The number of hydrogen-bond donors (Lipinski definition) is 4. The topological polar surface area (TPSA) is 152 Å². The number of para-hydroxylation sites is 1. The van der Waals surface area contributed by atoms with Crippen molar-refractivity contribution in [3.05, 3.63) is 74.0 Å². The van der Waals surface area contributed by atoms with Crippen molar-refractivity contribution in [1.29, 1.82) is 0 Å². The van der Waals surface area contributed by atoms with Crippen LogP contribution in [0.25, 0.3) is 11.1 Å². The molecule has 0 saturated carbocycles. The van der Waals surface area contributed by atoms with Gasteiger partial charge in [0.05, 0.1) is 7.11 Å². The first kappa shape index (κ1) is 21.9. The summed E-state index contributed by atoms with van der Waals surface area (Å²) >= 11 is 3.42. The summed E-state index contributed by atoms with van der Waals surface area (Å²) < 4.78 is 12.1. The van der Waals surface area contributed by atoms with Gasteiger partial charge in [-0.15, -0.1) is 0 Å². The van der Waals surface area contributed by atoms with Crippen molar-refractivity contribution in [2.75, 3.05) is 12.8 Å². The van der Waals surface area contributed by atoms with Gasteiger partial charge in [0.15, 0.2) is 11.5 Å². The molecule has 0 radical (unpaired) electrons. The highest BCUT2D eigenvalue weighted by atomic mass is 79.9. The van der Waals surface area contributed by atoms with E-state index < -0.39 is 34.4 Å². The van der Waals surface area contributed by atoms with Crippen LogP contribution in [-0.4, -0.2) is 34.2 Å². The number of aromatic carboxylic acids is 2. The fourth-order valence-electron chi connectivity index (χ4n) is 3.10. The lowest BCUT2D eigenvalue weighted by atomic mass is 9.94. The SMILES string of the molecule is COc1cccc(-c2c(C(=O)O)c(N)[nH]c(=O)c2C(=O)O)c1OCc1ccccc1Br. The zero-order chi connectivity index (χ0) is 22.7. The maximum absolute atomic E-state index is 12.4. The van der Waals surface area contributed by atoms with E-state index >= 15 is 0 Å². The molecule has 1 aromatic heterocycles. The lowest BCUT2D eigenvalue weighted by Gasteiger charge is -2.18. The highest BCUT2D eigenvalue weighted by Crippen LogP contribution is 2.42. The Morgan fingerprint density at radius 1 is 1.06 bits per heavy atom. The number of H-pyrrole nitrogens is 1. The van der Waals surface area contributed by atoms with Crippen LogP contribution in [0.15, 0.2) is 51.7 Å². The Kier molecular flexibility index (Phi) is 6.30. The molecule has 9 nitrogen and oxygen atoms in total. The van der Waals surface area contributed by atoms with E-state index in [4.69, 9.17) is 15.2 Å². The number of anilines is 1. The second kappa shape index (κ2) is 8.92. The molecule has 2 aromatic carbocycles. The number of carbonyl (C=O) groups is 2. The number of ether oxygens (including phenoxy) is 2. The Morgan fingerprint density at radius 3 is 2.35 bits per heavy atom. The van der Waals surface area contributed by atoms with Crippen LogP contribution in [-0.2, 0) is 6.61 Å². The van der Waals surface area contributed by atoms with Gasteiger partial charge in [0.25, 0.3) is 5.56 Å². The van der Waals surface area contributed by atoms with Gasteiger partial charge in [-0.1, -0.05) is 46.3 Å². The Labute approximate surface area is 184 Å². The summed E-state index contributed by atoms with van der Waals surface area (Å²) in [5.41, 5.74) is 3.81. The van der Waals surface area contributed by atoms with Crippen molar-refractivity contribution in [3.63, 3.8) is 0 Å². The molecule has 0 unspecified atom stereocenters. The molecule has 3 rings (SSSR count). The van der Waals surface area contributed by atoms with Gasteiger partial charge in [-0.05, 0) is 12.1 Å². The number of nitrogens with two attached hydrogens (primary N) is 1. The summed E-state index contributed by atoms with van der Waals surface area (Å²) in [6.07, 6.45) is 0. The molecule has 5 N–H and O–H groups in total. The molecule has 160 valence electrons. The number of aromatic amines is 1. The van der Waals surface area contributed by atoms with Gasteiger partial charge in [0.2, 0.25) is 0 Å². The van der Waals surface area contributed by atoms with Gasteiger partial charge in [-0.2, -0.15) is 0 Å². The monoisotopic (exact) mass is 488 g/mol. The molecule has 0 bridgehead atoms. The van der Waals surface area contributed by atoms with E-state index in [9.17, 15) is 24.6 Å². The maximum Gasteiger partial charge on any atom is 0.342 e. The molecule has 0 atom stereocenters. The summed E-state index contributed by atoms with van der Waals surface area (Å²) in [6.45, 7) is 0.0538. The molecule has 0 fully saturated rings. The normalized spacial score (nSPS) is 10.5. The predicted molar refractivity (Wildman–Crippen MR) is 116 cm³/mol. The first-order valence-corrected chi connectivity index (χ1v) is 9.61. The van der Waals surface area contributed by atoms with Gasteiger partial charge in [0.1, 0.15) is 23.6 Å². The summed E-state index contributed by atoms with van der Waals surface area (Å²) in [5.74, 6) is -3.31. The average molecular weight is 489 g/mol. The highest BCUT2D eigenvalue weighted by molar-refractivity contribution is 9.10. The number of aromatic nitrogens is 1. The lowest BCUT2D eigenvalue weighted by Crippen LogP contribution is -2.24. The van der Waals surface area contributed by atoms with Crippen molar-refractivity contribution >= 4 is 33.7 Å². The van der Waals surface area contributed by atoms with Crippen molar-refractivity contribution in [2.45, 2.75) is 6.61 Å². The zero-order valence-corrected chi connectivity index (χ0v) is 17.7. The lowest BCUT2D eigenvalue weighted by molar-refractivity contribution is 0.0695. The number of pyridine rings is 1. The van der Waals surface area contributed by atoms with E-state index in [1.807, 2.05) is 24.3 Å². The molecule has 0 aliphatic heterocycles. The van der Waals surface area contributed by atoms with E-state index in [-0.39, 0.29) is 29.2 Å². The molecule has 3 aromatic rings. The minimum absolute atomic E-state index is 0.0407. The average Bonchev–Trinajstić information content (AvgIpc) is 2.71. The van der Waals surface area contributed by atoms with Crippen LogP contribution in [0.5, 0.6) is 11.5 Å². The van der Waals surface area contributed by atoms with Gasteiger partial charge in [-0.3, -0.25) is 4.79 Å². The molecule has 0 spiro atoms. The number of rotatable bonds is 7. The molecule has 0 saturated heterocycles. The third-order valence-corrected chi connectivity index (χ3v) is 5.24. The van der Waals surface area contributed by atoms with Crippen LogP contribution in [0, 0.1) is 0 Å². The fourth-order valence-corrected chi connectivity index (χ4v) is 3.50. The Hall–Kier alpha value is -3.79. The zero-order valence-electron chi connectivity index (χ0n) is 16.1. The molecular weight excluding hydrogens is 472 g/mol. The summed E-state index contributed by atoms with van der Waals surface area (Å²) in [6, 6.07) is 11.8. The van der Waals surface area contributed by atoms with E-state index in [0.717, 1.165) is 10.0 Å². The van der Waals surface area contributed by atoms with Gasteiger partial charge >= 0.3 is 11.9 Å². The quantitative estimate of drug-likeness (QED) is 0.394. The molecule has 31 heavy (non-hydrogen) atoms. The van der Waals surface area contributed by atoms with Gasteiger partial charge in [-0.25, -0.2) is 9.59 Å². The fraction of sp³-hybridized carbons (Fsp3) is 0.0952. The highest BCUT2D eigenvalue weighted by Gasteiger charge is 2.29.